The van der Waals surface area contributed by atoms with Crippen molar-refractivity contribution in [3.05, 3.63) is 0 Å². The molecule has 0 aliphatic heterocycles. The van der Waals surface area contributed by atoms with E-state index in [0.29, 0.717) is 18.8 Å². The van der Waals surface area contributed by atoms with E-state index in [2.05, 4.69) is 0 Å². The molecule has 0 saturated heterocycles. The Morgan fingerprint density at radius 1 is 1.28 bits per heavy atom. The second kappa shape index (κ2) is 8.67. The average molecular weight is 286 g/mol. The number of halogens is 3. The molecule has 18 heavy (non-hydrogen) atoms. The van der Waals surface area contributed by atoms with Crippen LogP contribution in [0.2, 0.25) is 0 Å². The highest BCUT2D eigenvalue weighted by Gasteiger charge is 2.27. The van der Waals surface area contributed by atoms with Crippen molar-refractivity contribution >= 4 is 17.7 Å². The first-order valence-corrected chi connectivity index (χ1v) is 7.17. The molecule has 0 radical (unpaired) electrons. The molecule has 0 spiro atoms. The largest absolute Gasteiger partial charge is 0.465 e. The Morgan fingerprint density at radius 3 is 2.33 bits per heavy atom. The van der Waals surface area contributed by atoms with Crippen molar-refractivity contribution in [1.29, 1.82) is 0 Å². The average Bonchev–Trinajstić information content (AvgIpc) is 2.21. The topological polar surface area (TPSA) is 26.3 Å². The normalized spacial score (nSPS) is 13.7. The van der Waals surface area contributed by atoms with E-state index in [9.17, 15) is 18.0 Å². The quantitative estimate of drug-likeness (QED) is 0.497. The Balaban J connectivity index is 3.88. The van der Waals surface area contributed by atoms with E-state index in [0.717, 1.165) is 0 Å². The second-order valence-electron chi connectivity index (χ2n) is 4.36. The first-order valence-electron chi connectivity index (χ1n) is 6.13. The number of alkyl halides is 3. The van der Waals surface area contributed by atoms with Gasteiger partial charge < -0.3 is 4.74 Å². The molecule has 0 aromatic heterocycles. The van der Waals surface area contributed by atoms with Crippen LogP contribution in [0.5, 0.6) is 0 Å². The third kappa shape index (κ3) is 8.66. The third-order valence-corrected chi connectivity index (χ3v) is 3.90. The number of thioether (sulfide) groups is 1. The Labute approximate surface area is 111 Å². The van der Waals surface area contributed by atoms with Crippen LogP contribution in [-0.4, -0.2) is 29.8 Å². The van der Waals surface area contributed by atoms with Gasteiger partial charge in [0.15, 0.2) is 0 Å². The van der Waals surface area contributed by atoms with Gasteiger partial charge in [0, 0.05) is 6.42 Å². The monoisotopic (exact) mass is 286 g/mol. The van der Waals surface area contributed by atoms with Gasteiger partial charge in [-0.05, 0) is 31.4 Å². The first kappa shape index (κ1) is 17.6. The lowest BCUT2D eigenvalue weighted by atomic mass is 10.1. The Hall–Kier alpha value is -0.390. The highest BCUT2D eigenvalue weighted by atomic mass is 32.2. The summed E-state index contributed by atoms with van der Waals surface area (Å²) in [7, 11) is 0. The third-order valence-electron chi connectivity index (χ3n) is 2.28. The molecule has 108 valence electrons. The smallest absolute Gasteiger partial charge is 0.389 e. The molecule has 0 aromatic carbocycles. The Bertz CT molecular complexity index is 242. The summed E-state index contributed by atoms with van der Waals surface area (Å²) >= 11 is 1.39. The molecule has 0 amide bonds. The van der Waals surface area contributed by atoms with E-state index in [1.165, 1.54) is 11.8 Å². The van der Waals surface area contributed by atoms with Gasteiger partial charge in [-0.15, -0.1) is 11.8 Å². The zero-order valence-electron chi connectivity index (χ0n) is 11.0. The van der Waals surface area contributed by atoms with Crippen LogP contribution in [0.4, 0.5) is 13.2 Å². The van der Waals surface area contributed by atoms with Gasteiger partial charge in [-0.25, -0.2) is 0 Å². The molecule has 0 aliphatic carbocycles. The lowest BCUT2D eigenvalue weighted by Crippen LogP contribution is -2.26. The summed E-state index contributed by atoms with van der Waals surface area (Å²) in [4.78, 5) is 11.6. The minimum Gasteiger partial charge on any atom is -0.465 e. The zero-order valence-corrected chi connectivity index (χ0v) is 11.9. The molecule has 0 aliphatic rings. The van der Waals surface area contributed by atoms with Gasteiger partial charge in [0.2, 0.25) is 0 Å². The predicted molar refractivity (Wildman–Crippen MR) is 67.6 cm³/mol. The fourth-order valence-electron chi connectivity index (χ4n) is 1.39. The van der Waals surface area contributed by atoms with Crippen LogP contribution in [0, 0.1) is 5.92 Å². The summed E-state index contributed by atoms with van der Waals surface area (Å²) in [5, 5.41) is -0.282. The summed E-state index contributed by atoms with van der Waals surface area (Å²) in [6.45, 7) is 5.88. The molecule has 0 aromatic rings. The van der Waals surface area contributed by atoms with Gasteiger partial charge in [0.1, 0.15) is 5.25 Å². The summed E-state index contributed by atoms with van der Waals surface area (Å²) in [5.41, 5.74) is 0. The molecule has 0 bridgehead atoms. The van der Waals surface area contributed by atoms with Gasteiger partial charge in [-0.3, -0.25) is 4.79 Å². The molecule has 1 unspecified atom stereocenters. The maximum atomic E-state index is 11.9. The molecule has 1 atom stereocenters. The van der Waals surface area contributed by atoms with Gasteiger partial charge in [-0.2, -0.15) is 13.2 Å². The summed E-state index contributed by atoms with van der Waals surface area (Å²) < 4.78 is 40.7. The Morgan fingerprint density at radius 2 is 1.89 bits per heavy atom. The van der Waals surface area contributed by atoms with Crippen molar-refractivity contribution in [2.75, 3.05) is 12.4 Å². The van der Waals surface area contributed by atoms with Gasteiger partial charge >= 0.3 is 12.1 Å². The van der Waals surface area contributed by atoms with Gasteiger partial charge in [0.25, 0.3) is 0 Å². The molecule has 0 fully saturated rings. The summed E-state index contributed by atoms with van der Waals surface area (Å²) in [6, 6.07) is 0. The molecule has 0 heterocycles. The maximum absolute atomic E-state index is 11.9. The van der Waals surface area contributed by atoms with E-state index in [4.69, 9.17) is 4.74 Å². The predicted octanol–water partition coefficient (Wildman–Crippen LogP) is 4.04. The van der Waals surface area contributed by atoms with E-state index in [1.807, 2.05) is 13.8 Å². The number of rotatable bonds is 8. The van der Waals surface area contributed by atoms with E-state index in [-0.39, 0.29) is 23.6 Å². The van der Waals surface area contributed by atoms with Crippen LogP contribution < -0.4 is 0 Å². The van der Waals surface area contributed by atoms with Crippen LogP contribution in [-0.2, 0) is 9.53 Å². The lowest BCUT2D eigenvalue weighted by Gasteiger charge is -2.18. The van der Waals surface area contributed by atoms with Crippen LogP contribution >= 0.6 is 11.8 Å². The first-order chi connectivity index (χ1) is 8.28. The minimum atomic E-state index is -4.08. The fraction of sp³-hybridized carbons (Fsp3) is 0.917. The van der Waals surface area contributed by atoms with Crippen LogP contribution in [0.25, 0.3) is 0 Å². The number of hydrogen-bond donors (Lipinski definition) is 0. The molecular weight excluding hydrogens is 265 g/mol. The number of carbonyl (C=O) groups is 1. The highest BCUT2D eigenvalue weighted by molar-refractivity contribution is 8.00. The van der Waals surface area contributed by atoms with Crippen LogP contribution in [0.3, 0.4) is 0 Å². The van der Waals surface area contributed by atoms with Crippen molar-refractivity contribution in [3.63, 3.8) is 0 Å². The van der Waals surface area contributed by atoms with Crippen molar-refractivity contribution in [1.82, 2.24) is 0 Å². The standard InChI is InChI=1S/C12H21F3O2S/c1-4-17-11(16)10(9(2)3)18-8-6-5-7-12(13,14)15/h9-10H,4-8H2,1-3H3. The fourth-order valence-corrected chi connectivity index (χ4v) is 2.61. The van der Waals surface area contributed by atoms with Crippen molar-refractivity contribution in [2.45, 2.75) is 51.5 Å². The molecule has 6 heteroatoms. The van der Waals surface area contributed by atoms with Gasteiger partial charge in [0.05, 0.1) is 6.61 Å². The van der Waals surface area contributed by atoms with E-state index < -0.39 is 12.6 Å². The van der Waals surface area contributed by atoms with Gasteiger partial charge in [-0.1, -0.05) is 13.8 Å². The number of esters is 1. The summed E-state index contributed by atoms with van der Waals surface area (Å²) in [6.07, 6.45) is -4.25. The number of ether oxygens (including phenoxy) is 1. The second-order valence-corrected chi connectivity index (χ2v) is 5.61. The van der Waals surface area contributed by atoms with E-state index >= 15 is 0 Å². The molecule has 0 saturated carbocycles. The number of carbonyl (C=O) groups excluding carboxylic acids is 1. The highest BCUT2D eigenvalue weighted by Crippen LogP contribution is 2.25. The van der Waals surface area contributed by atoms with Crippen LogP contribution in [0.15, 0.2) is 0 Å². The molecular formula is C12H21F3O2S. The number of hydrogen-bond acceptors (Lipinski definition) is 3. The Kier molecular flexibility index (Phi) is 8.48. The van der Waals surface area contributed by atoms with E-state index in [1.54, 1.807) is 6.92 Å². The lowest BCUT2D eigenvalue weighted by molar-refractivity contribution is -0.143. The summed E-state index contributed by atoms with van der Waals surface area (Å²) in [5.74, 6) is 0.405. The maximum Gasteiger partial charge on any atom is 0.389 e. The molecule has 2 nitrogen and oxygen atoms in total. The van der Waals surface area contributed by atoms with Crippen molar-refractivity contribution < 1.29 is 22.7 Å². The SMILES string of the molecule is CCOC(=O)C(SCCCCC(F)(F)F)C(C)C. The zero-order chi connectivity index (χ0) is 14.2. The minimum absolute atomic E-state index is 0.115. The van der Waals surface area contributed by atoms with Crippen molar-refractivity contribution in [3.8, 4) is 0 Å². The molecule has 0 rings (SSSR count). The van der Waals surface area contributed by atoms with Crippen LogP contribution in [0.1, 0.15) is 40.0 Å². The molecule has 0 N–H and O–H groups in total. The van der Waals surface area contributed by atoms with Crippen molar-refractivity contribution in [2.24, 2.45) is 5.92 Å². The number of unbranched alkanes of at least 4 members (excludes halogenated alkanes) is 1.